The van der Waals surface area contributed by atoms with Gasteiger partial charge >= 0.3 is 12.1 Å². The van der Waals surface area contributed by atoms with Gasteiger partial charge in [-0.15, -0.1) is 0 Å². The number of carbonyl (C=O) groups excluding carboxylic acids is 2. The number of rotatable bonds is 5. The van der Waals surface area contributed by atoms with Gasteiger partial charge in [0.05, 0.1) is 23.6 Å². The van der Waals surface area contributed by atoms with Crippen LogP contribution in [0, 0.1) is 11.3 Å². The number of anilines is 1. The molecule has 2 aromatic carbocycles. The minimum absolute atomic E-state index is 0.0911. The van der Waals surface area contributed by atoms with E-state index in [0.29, 0.717) is 5.69 Å². The van der Waals surface area contributed by atoms with Crippen molar-refractivity contribution >= 4 is 17.6 Å². The molecule has 0 radical (unpaired) electrons. The van der Waals surface area contributed by atoms with E-state index in [1.807, 2.05) is 6.07 Å². The Morgan fingerprint density at radius 1 is 1.04 bits per heavy atom. The molecule has 8 heteroatoms. The zero-order valence-corrected chi connectivity index (χ0v) is 13.3. The van der Waals surface area contributed by atoms with Gasteiger partial charge in [0.1, 0.15) is 0 Å². The maximum absolute atomic E-state index is 12.5. The number of esters is 1. The van der Waals surface area contributed by atoms with Gasteiger partial charge < -0.3 is 10.1 Å². The molecule has 0 aliphatic rings. The van der Waals surface area contributed by atoms with Gasteiger partial charge in [-0.2, -0.15) is 18.4 Å². The molecule has 1 N–H and O–H groups in total. The van der Waals surface area contributed by atoms with Crippen LogP contribution in [0.4, 0.5) is 18.9 Å². The van der Waals surface area contributed by atoms with Crippen molar-refractivity contribution in [1.82, 2.24) is 0 Å². The van der Waals surface area contributed by atoms with Crippen LogP contribution in [0.15, 0.2) is 48.5 Å². The fraction of sp³-hybridized carbons (Fsp3) is 0.167. The molecule has 2 rings (SSSR count). The maximum atomic E-state index is 12.5. The molecule has 0 saturated carbocycles. The van der Waals surface area contributed by atoms with E-state index in [1.165, 1.54) is 0 Å². The first-order chi connectivity index (χ1) is 12.3. The SMILES string of the molecule is N#CCc1ccc(NC(=O)COC(=O)c2ccc(C(F)(F)F)cc2)cc1. The number of nitrogens with one attached hydrogen (secondary N) is 1. The van der Waals surface area contributed by atoms with E-state index in [1.54, 1.807) is 24.3 Å². The van der Waals surface area contributed by atoms with Crippen LogP contribution in [0.1, 0.15) is 21.5 Å². The van der Waals surface area contributed by atoms with E-state index in [-0.39, 0.29) is 12.0 Å². The van der Waals surface area contributed by atoms with Crippen molar-refractivity contribution in [3.05, 3.63) is 65.2 Å². The van der Waals surface area contributed by atoms with Gasteiger partial charge in [0, 0.05) is 5.69 Å². The van der Waals surface area contributed by atoms with Crippen molar-refractivity contribution in [1.29, 1.82) is 5.26 Å². The van der Waals surface area contributed by atoms with E-state index in [9.17, 15) is 22.8 Å². The summed E-state index contributed by atoms with van der Waals surface area (Å²) in [5.74, 6) is -1.50. The third-order valence-corrected chi connectivity index (χ3v) is 3.30. The number of halogens is 3. The number of carbonyl (C=O) groups is 2. The molecule has 5 nitrogen and oxygen atoms in total. The Morgan fingerprint density at radius 3 is 2.19 bits per heavy atom. The molecule has 0 unspecified atom stereocenters. The molecule has 0 bridgehead atoms. The van der Waals surface area contributed by atoms with Crippen LogP contribution in [0.5, 0.6) is 0 Å². The molecule has 134 valence electrons. The van der Waals surface area contributed by atoms with Crippen LogP contribution in [0.3, 0.4) is 0 Å². The first kappa shape index (κ1) is 19.0. The highest BCUT2D eigenvalue weighted by Crippen LogP contribution is 2.29. The first-order valence-corrected chi connectivity index (χ1v) is 7.39. The van der Waals surface area contributed by atoms with Gasteiger partial charge in [0.15, 0.2) is 6.61 Å². The number of alkyl halides is 3. The van der Waals surface area contributed by atoms with Gasteiger partial charge in [-0.25, -0.2) is 4.79 Å². The highest BCUT2D eigenvalue weighted by molar-refractivity contribution is 5.95. The molecule has 0 saturated heterocycles. The topological polar surface area (TPSA) is 79.2 Å². The van der Waals surface area contributed by atoms with Crippen molar-refractivity contribution < 1.29 is 27.5 Å². The smallest absolute Gasteiger partial charge is 0.416 e. The Labute approximate surface area is 147 Å². The summed E-state index contributed by atoms with van der Waals surface area (Å²) in [5.41, 5.74) is 0.278. The number of benzene rings is 2. The largest absolute Gasteiger partial charge is 0.452 e. The van der Waals surface area contributed by atoms with Gasteiger partial charge in [-0.05, 0) is 42.0 Å². The molecule has 0 heterocycles. The summed E-state index contributed by atoms with van der Waals surface area (Å²) in [6, 6.07) is 12.0. The average Bonchev–Trinajstić information content (AvgIpc) is 2.61. The van der Waals surface area contributed by atoms with E-state index >= 15 is 0 Å². The molecule has 0 spiro atoms. The van der Waals surface area contributed by atoms with Crippen LogP contribution in [0.25, 0.3) is 0 Å². The van der Waals surface area contributed by atoms with E-state index in [4.69, 9.17) is 10.00 Å². The molecule has 0 fully saturated rings. The highest BCUT2D eigenvalue weighted by Gasteiger charge is 2.30. The van der Waals surface area contributed by atoms with E-state index in [0.717, 1.165) is 29.8 Å². The predicted molar refractivity (Wildman–Crippen MR) is 86.1 cm³/mol. The summed E-state index contributed by atoms with van der Waals surface area (Å²) in [5, 5.41) is 11.1. The normalized spacial score (nSPS) is 10.7. The van der Waals surface area contributed by atoms with Gasteiger partial charge in [-0.3, -0.25) is 4.79 Å². The number of nitriles is 1. The lowest BCUT2D eigenvalue weighted by atomic mass is 10.1. The Balaban J connectivity index is 1.86. The summed E-state index contributed by atoms with van der Waals surface area (Å²) in [6.45, 7) is -0.584. The Bertz CT molecular complexity index is 823. The van der Waals surface area contributed by atoms with Gasteiger partial charge in [-0.1, -0.05) is 12.1 Å². The molecule has 0 aliphatic carbocycles. The Kier molecular flexibility index (Phi) is 5.96. The number of ether oxygens (including phenoxy) is 1. The standard InChI is InChI=1S/C18H13F3N2O3/c19-18(20,21)14-5-3-13(4-6-14)17(25)26-11-16(24)23-15-7-1-12(2-8-15)9-10-22/h1-8H,9,11H2,(H,23,24). The highest BCUT2D eigenvalue weighted by atomic mass is 19.4. The van der Waals surface area contributed by atoms with Crippen molar-refractivity contribution in [2.75, 3.05) is 11.9 Å². The van der Waals surface area contributed by atoms with Crippen molar-refractivity contribution in [3.63, 3.8) is 0 Å². The molecular formula is C18H13F3N2O3. The molecule has 0 aromatic heterocycles. The van der Waals surface area contributed by atoms with Crippen LogP contribution in [-0.2, 0) is 22.1 Å². The summed E-state index contributed by atoms with van der Waals surface area (Å²) < 4.78 is 42.2. The minimum atomic E-state index is -4.49. The summed E-state index contributed by atoms with van der Waals surface area (Å²) in [7, 11) is 0. The Morgan fingerprint density at radius 2 is 1.65 bits per heavy atom. The number of amides is 1. The van der Waals surface area contributed by atoms with E-state index < -0.39 is 30.2 Å². The van der Waals surface area contributed by atoms with Gasteiger partial charge in [0.25, 0.3) is 5.91 Å². The summed E-state index contributed by atoms with van der Waals surface area (Å²) in [4.78, 5) is 23.5. The van der Waals surface area contributed by atoms with Gasteiger partial charge in [0.2, 0.25) is 0 Å². The molecule has 0 aliphatic heterocycles. The minimum Gasteiger partial charge on any atom is -0.452 e. The monoisotopic (exact) mass is 362 g/mol. The third kappa shape index (κ3) is 5.34. The average molecular weight is 362 g/mol. The molecule has 0 atom stereocenters. The van der Waals surface area contributed by atoms with E-state index in [2.05, 4.69) is 5.32 Å². The molecule has 26 heavy (non-hydrogen) atoms. The summed E-state index contributed by atoms with van der Waals surface area (Å²) >= 11 is 0. The third-order valence-electron chi connectivity index (χ3n) is 3.30. The fourth-order valence-corrected chi connectivity index (χ4v) is 2.00. The van der Waals surface area contributed by atoms with Crippen LogP contribution >= 0.6 is 0 Å². The van der Waals surface area contributed by atoms with Crippen LogP contribution in [0.2, 0.25) is 0 Å². The quantitative estimate of drug-likeness (QED) is 0.825. The van der Waals surface area contributed by atoms with Crippen LogP contribution < -0.4 is 5.32 Å². The number of nitrogens with zero attached hydrogens (tertiary/aromatic N) is 1. The fourth-order valence-electron chi connectivity index (χ4n) is 2.00. The lowest BCUT2D eigenvalue weighted by Crippen LogP contribution is -2.21. The second-order valence-electron chi connectivity index (χ2n) is 5.23. The molecule has 1 amide bonds. The first-order valence-electron chi connectivity index (χ1n) is 7.39. The predicted octanol–water partition coefficient (Wildman–Crippen LogP) is 3.57. The van der Waals surface area contributed by atoms with Crippen molar-refractivity contribution in [2.24, 2.45) is 0 Å². The Hall–Kier alpha value is -3.34. The number of hydrogen-bond donors (Lipinski definition) is 1. The van der Waals surface area contributed by atoms with Crippen molar-refractivity contribution in [3.8, 4) is 6.07 Å². The second-order valence-corrected chi connectivity index (χ2v) is 5.23. The lowest BCUT2D eigenvalue weighted by molar-refractivity contribution is -0.137. The number of hydrogen-bond acceptors (Lipinski definition) is 4. The summed E-state index contributed by atoms with van der Waals surface area (Å²) in [6.07, 6.45) is -4.25. The molecular weight excluding hydrogens is 349 g/mol. The zero-order chi connectivity index (χ0) is 19.2. The lowest BCUT2D eigenvalue weighted by Gasteiger charge is -2.08. The van der Waals surface area contributed by atoms with Crippen LogP contribution in [-0.4, -0.2) is 18.5 Å². The van der Waals surface area contributed by atoms with Crippen molar-refractivity contribution in [2.45, 2.75) is 12.6 Å². The zero-order valence-electron chi connectivity index (χ0n) is 13.3. The second kappa shape index (κ2) is 8.16. The molecule has 2 aromatic rings. The maximum Gasteiger partial charge on any atom is 0.416 e.